The summed E-state index contributed by atoms with van der Waals surface area (Å²) >= 11 is 0. The molecule has 1 fully saturated rings. The number of amides is 2. The second-order valence-electron chi connectivity index (χ2n) is 4.74. The minimum atomic E-state index is -0.632. The van der Waals surface area contributed by atoms with Gasteiger partial charge in [-0.25, -0.2) is 0 Å². The van der Waals surface area contributed by atoms with Gasteiger partial charge in [-0.15, -0.1) is 0 Å². The van der Waals surface area contributed by atoms with Crippen LogP contribution in [0.1, 0.15) is 19.8 Å². The van der Waals surface area contributed by atoms with Crippen LogP contribution >= 0.6 is 0 Å². The number of carbonyl (C=O) groups is 2. The van der Waals surface area contributed by atoms with Crippen LogP contribution in [0, 0.1) is 5.92 Å². The molecule has 0 aromatic rings. The van der Waals surface area contributed by atoms with E-state index >= 15 is 0 Å². The van der Waals surface area contributed by atoms with Crippen molar-refractivity contribution in [2.24, 2.45) is 5.92 Å². The number of likely N-dealkylation sites (tertiary alicyclic amines) is 1. The van der Waals surface area contributed by atoms with Crippen molar-refractivity contribution in [1.29, 1.82) is 0 Å². The SMILES string of the molecule is CC1CCCN(C(=O)C(=O)N(CCO)CCO)C1. The number of piperidine rings is 1. The van der Waals surface area contributed by atoms with Crippen molar-refractivity contribution in [2.45, 2.75) is 19.8 Å². The van der Waals surface area contributed by atoms with Crippen LogP contribution in [0.15, 0.2) is 0 Å². The van der Waals surface area contributed by atoms with Crippen LogP contribution in [0.3, 0.4) is 0 Å². The highest BCUT2D eigenvalue weighted by Crippen LogP contribution is 2.15. The lowest BCUT2D eigenvalue weighted by Crippen LogP contribution is -2.49. The molecule has 1 aliphatic heterocycles. The van der Waals surface area contributed by atoms with Crippen molar-refractivity contribution in [2.75, 3.05) is 39.4 Å². The lowest BCUT2D eigenvalue weighted by Gasteiger charge is -2.32. The highest BCUT2D eigenvalue weighted by molar-refractivity contribution is 6.34. The van der Waals surface area contributed by atoms with E-state index in [4.69, 9.17) is 10.2 Å². The van der Waals surface area contributed by atoms with Gasteiger partial charge in [0.2, 0.25) is 0 Å². The Morgan fingerprint density at radius 2 is 1.89 bits per heavy atom. The quantitative estimate of drug-likeness (QED) is 0.638. The fraction of sp³-hybridized carbons (Fsp3) is 0.833. The highest BCUT2D eigenvalue weighted by atomic mass is 16.3. The molecule has 1 saturated heterocycles. The maximum Gasteiger partial charge on any atom is 0.312 e. The van der Waals surface area contributed by atoms with Crippen LogP contribution < -0.4 is 0 Å². The van der Waals surface area contributed by atoms with Gasteiger partial charge in [-0.05, 0) is 18.8 Å². The summed E-state index contributed by atoms with van der Waals surface area (Å²) in [5.41, 5.74) is 0. The molecule has 1 aliphatic rings. The minimum Gasteiger partial charge on any atom is -0.395 e. The molecule has 1 unspecified atom stereocenters. The van der Waals surface area contributed by atoms with Crippen molar-refractivity contribution in [1.82, 2.24) is 9.80 Å². The van der Waals surface area contributed by atoms with Gasteiger partial charge in [0.25, 0.3) is 0 Å². The molecule has 1 atom stereocenters. The third-order valence-corrected chi connectivity index (χ3v) is 3.15. The smallest absolute Gasteiger partial charge is 0.312 e. The first-order chi connectivity index (χ1) is 8.60. The molecule has 2 N–H and O–H groups in total. The molecule has 104 valence electrons. The van der Waals surface area contributed by atoms with E-state index < -0.39 is 11.8 Å². The zero-order valence-corrected chi connectivity index (χ0v) is 10.8. The monoisotopic (exact) mass is 258 g/mol. The van der Waals surface area contributed by atoms with Crippen molar-refractivity contribution in [3.63, 3.8) is 0 Å². The Morgan fingerprint density at radius 3 is 2.39 bits per heavy atom. The molecule has 0 aromatic carbocycles. The largest absolute Gasteiger partial charge is 0.395 e. The zero-order valence-electron chi connectivity index (χ0n) is 10.8. The second kappa shape index (κ2) is 7.33. The molecule has 6 nitrogen and oxygen atoms in total. The summed E-state index contributed by atoms with van der Waals surface area (Å²) in [5.74, 6) is -0.740. The number of carbonyl (C=O) groups excluding carboxylic acids is 2. The molecule has 1 heterocycles. The maximum atomic E-state index is 12.0. The van der Waals surface area contributed by atoms with Crippen LogP contribution in [-0.2, 0) is 9.59 Å². The minimum absolute atomic E-state index is 0.0779. The summed E-state index contributed by atoms with van der Waals surface area (Å²) in [7, 11) is 0. The molecular formula is C12H22N2O4. The van der Waals surface area contributed by atoms with Gasteiger partial charge in [0.1, 0.15) is 0 Å². The van der Waals surface area contributed by atoms with Gasteiger partial charge in [-0.1, -0.05) is 6.92 Å². The first-order valence-electron chi connectivity index (χ1n) is 6.40. The molecule has 0 radical (unpaired) electrons. The van der Waals surface area contributed by atoms with E-state index in [0.717, 1.165) is 12.8 Å². The van der Waals surface area contributed by atoms with Gasteiger partial charge >= 0.3 is 11.8 Å². The van der Waals surface area contributed by atoms with E-state index in [1.165, 1.54) is 4.90 Å². The van der Waals surface area contributed by atoms with Crippen LogP contribution in [0.4, 0.5) is 0 Å². The van der Waals surface area contributed by atoms with Crippen molar-refractivity contribution >= 4 is 11.8 Å². The van der Waals surface area contributed by atoms with E-state index in [1.807, 2.05) is 0 Å². The molecule has 1 rings (SSSR count). The fourth-order valence-corrected chi connectivity index (χ4v) is 2.20. The molecule has 18 heavy (non-hydrogen) atoms. The van der Waals surface area contributed by atoms with Crippen molar-refractivity contribution in [3.8, 4) is 0 Å². The number of aliphatic hydroxyl groups excluding tert-OH is 2. The topological polar surface area (TPSA) is 81.1 Å². The molecule has 0 aliphatic carbocycles. The van der Waals surface area contributed by atoms with Gasteiger partial charge in [0.15, 0.2) is 0 Å². The zero-order chi connectivity index (χ0) is 13.5. The van der Waals surface area contributed by atoms with Gasteiger partial charge in [0.05, 0.1) is 13.2 Å². The number of nitrogens with zero attached hydrogens (tertiary/aromatic N) is 2. The standard InChI is InChI=1S/C12H22N2O4/c1-10-3-2-4-14(9-10)12(18)11(17)13(5-7-15)6-8-16/h10,15-16H,2-9H2,1H3. The lowest BCUT2D eigenvalue weighted by atomic mass is 10.0. The summed E-state index contributed by atoms with van der Waals surface area (Å²) in [6, 6.07) is 0. The van der Waals surface area contributed by atoms with Crippen LogP contribution in [-0.4, -0.2) is 71.2 Å². The summed E-state index contributed by atoms with van der Waals surface area (Å²) < 4.78 is 0. The van der Waals surface area contributed by atoms with Crippen LogP contribution in [0.5, 0.6) is 0 Å². The highest BCUT2D eigenvalue weighted by Gasteiger charge is 2.29. The van der Waals surface area contributed by atoms with Gasteiger partial charge in [-0.3, -0.25) is 9.59 Å². The number of rotatable bonds is 4. The summed E-state index contributed by atoms with van der Waals surface area (Å²) in [5, 5.41) is 17.7. The van der Waals surface area contributed by atoms with Gasteiger partial charge in [0, 0.05) is 26.2 Å². The van der Waals surface area contributed by atoms with Crippen molar-refractivity contribution < 1.29 is 19.8 Å². The van der Waals surface area contributed by atoms with Crippen LogP contribution in [0.2, 0.25) is 0 Å². The Kier molecular flexibility index (Phi) is 6.07. The first kappa shape index (κ1) is 14.9. The average Bonchev–Trinajstić information content (AvgIpc) is 2.37. The maximum absolute atomic E-state index is 12.0. The van der Waals surface area contributed by atoms with Crippen molar-refractivity contribution in [3.05, 3.63) is 0 Å². The van der Waals surface area contributed by atoms with Gasteiger partial charge < -0.3 is 20.0 Å². The predicted octanol–water partition coefficient (Wildman–Crippen LogP) is -0.942. The molecule has 6 heteroatoms. The van der Waals surface area contributed by atoms with E-state index in [9.17, 15) is 9.59 Å². The second-order valence-corrected chi connectivity index (χ2v) is 4.74. The van der Waals surface area contributed by atoms with E-state index in [2.05, 4.69) is 6.92 Å². The Hall–Kier alpha value is -1.14. The summed E-state index contributed by atoms with van der Waals surface area (Å²) in [6.45, 7) is 3.01. The van der Waals surface area contributed by atoms with Crippen LogP contribution in [0.25, 0.3) is 0 Å². The normalized spacial score (nSPS) is 19.7. The van der Waals surface area contributed by atoms with E-state index in [-0.39, 0.29) is 26.3 Å². The Balaban J connectivity index is 2.59. The van der Waals surface area contributed by atoms with E-state index in [0.29, 0.717) is 19.0 Å². The molecule has 0 saturated carbocycles. The number of aliphatic hydroxyl groups is 2. The summed E-state index contributed by atoms with van der Waals surface area (Å²) in [6.07, 6.45) is 2.00. The predicted molar refractivity (Wildman–Crippen MR) is 65.7 cm³/mol. The van der Waals surface area contributed by atoms with E-state index in [1.54, 1.807) is 4.90 Å². The molecule has 0 aromatic heterocycles. The average molecular weight is 258 g/mol. The fourth-order valence-electron chi connectivity index (χ4n) is 2.20. The third kappa shape index (κ3) is 3.96. The Morgan fingerprint density at radius 1 is 1.28 bits per heavy atom. The third-order valence-electron chi connectivity index (χ3n) is 3.15. The molecule has 0 bridgehead atoms. The molecule has 0 spiro atoms. The number of hydrogen-bond donors (Lipinski definition) is 2. The number of hydrogen-bond acceptors (Lipinski definition) is 4. The molecular weight excluding hydrogens is 236 g/mol. The summed E-state index contributed by atoms with van der Waals surface area (Å²) in [4.78, 5) is 26.7. The van der Waals surface area contributed by atoms with Gasteiger partial charge in [-0.2, -0.15) is 0 Å². The molecule has 2 amide bonds. The first-order valence-corrected chi connectivity index (χ1v) is 6.40. The Labute approximate surface area is 107 Å². The lowest BCUT2D eigenvalue weighted by molar-refractivity contribution is -0.153. The Bertz CT molecular complexity index is 275.